The van der Waals surface area contributed by atoms with Gasteiger partial charge in [0.1, 0.15) is 12.4 Å². The van der Waals surface area contributed by atoms with Crippen LogP contribution >= 0.6 is 28.1 Å². The summed E-state index contributed by atoms with van der Waals surface area (Å²) in [6.45, 7) is 2.60. The minimum Gasteiger partial charge on any atom is -0.488 e. The molecular weight excluding hydrogens is 446 g/mol. The van der Waals surface area contributed by atoms with Crippen LogP contribution < -0.4 is 4.74 Å². The maximum atomic E-state index is 5.96. The quantitative estimate of drug-likeness (QED) is 0.328. The van der Waals surface area contributed by atoms with E-state index in [0.717, 1.165) is 27.2 Å². The van der Waals surface area contributed by atoms with E-state index in [1.54, 1.807) is 0 Å². The first-order valence-corrected chi connectivity index (χ1v) is 10.5. The van der Waals surface area contributed by atoms with Gasteiger partial charge >= 0.3 is 0 Å². The van der Waals surface area contributed by atoms with E-state index in [0.29, 0.717) is 11.4 Å². The molecule has 1 unspecified atom stereocenters. The molecule has 0 saturated heterocycles. The van der Waals surface area contributed by atoms with E-state index in [2.05, 4.69) is 55.8 Å². The largest absolute Gasteiger partial charge is 0.488 e. The van der Waals surface area contributed by atoms with Crippen molar-refractivity contribution in [1.29, 1.82) is 0 Å². The SMILES string of the molecule is CC(c1ccccc1)n1c(-c2cccc(COc3ccccc3Br)c2)n[nH]c1=S. The predicted octanol–water partition coefficient (Wildman–Crippen LogP) is 6.56. The average molecular weight is 466 g/mol. The number of aromatic amines is 1. The molecule has 0 bridgehead atoms. The summed E-state index contributed by atoms with van der Waals surface area (Å²) in [5, 5.41) is 7.45. The van der Waals surface area contributed by atoms with Gasteiger partial charge in [-0.05, 0) is 64.4 Å². The number of hydrogen-bond donors (Lipinski definition) is 1. The molecule has 6 heteroatoms. The van der Waals surface area contributed by atoms with Crippen molar-refractivity contribution in [2.45, 2.75) is 19.6 Å². The van der Waals surface area contributed by atoms with Gasteiger partial charge in [-0.1, -0.05) is 60.7 Å². The lowest BCUT2D eigenvalue weighted by atomic mass is 10.1. The van der Waals surface area contributed by atoms with Gasteiger partial charge in [0.05, 0.1) is 10.5 Å². The number of nitrogens with zero attached hydrogens (tertiary/aromatic N) is 2. The van der Waals surface area contributed by atoms with Crippen LogP contribution in [0.3, 0.4) is 0 Å². The van der Waals surface area contributed by atoms with Crippen molar-refractivity contribution in [2.75, 3.05) is 0 Å². The van der Waals surface area contributed by atoms with Crippen molar-refractivity contribution in [2.24, 2.45) is 0 Å². The Hall–Kier alpha value is -2.70. The highest BCUT2D eigenvalue weighted by Gasteiger charge is 2.16. The number of para-hydroxylation sites is 1. The van der Waals surface area contributed by atoms with Gasteiger partial charge in [-0.3, -0.25) is 9.67 Å². The van der Waals surface area contributed by atoms with Crippen molar-refractivity contribution < 1.29 is 4.74 Å². The molecule has 0 aliphatic heterocycles. The number of ether oxygens (including phenoxy) is 1. The highest BCUT2D eigenvalue weighted by Crippen LogP contribution is 2.28. The second kappa shape index (κ2) is 8.76. The van der Waals surface area contributed by atoms with Crippen LogP contribution in [0.4, 0.5) is 0 Å². The molecule has 1 heterocycles. The van der Waals surface area contributed by atoms with Crippen LogP contribution in [0.15, 0.2) is 83.3 Å². The summed E-state index contributed by atoms with van der Waals surface area (Å²) in [6.07, 6.45) is 0. The van der Waals surface area contributed by atoms with E-state index in [9.17, 15) is 0 Å². The average Bonchev–Trinajstić information content (AvgIpc) is 3.15. The molecule has 29 heavy (non-hydrogen) atoms. The highest BCUT2D eigenvalue weighted by molar-refractivity contribution is 9.10. The number of aromatic nitrogens is 3. The van der Waals surface area contributed by atoms with E-state index in [1.807, 2.05) is 60.7 Å². The maximum absolute atomic E-state index is 5.96. The van der Waals surface area contributed by atoms with Crippen molar-refractivity contribution in [3.05, 3.63) is 99.2 Å². The van der Waals surface area contributed by atoms with Crippen LogP contribution in [0.2, 0.25) is 0 Å². The van der Waals surface area contributed by atoms with E-state index in [1.165, 1.54) is 5.56 Å². The normalized spacial score (nSPS) is 11.9. The van der Waals surface area contributed by atoms with Crippen LogP contribution in [-0.4, -0.2) is 14.8 Å². The first-order chi connectivity index (χ1) is 14.1. The Kier molecular flexibility index (Phi) is 5.92. The molecule has 0 aliphatic carbocycles. The summed E-state index contributed by atoms with van der Waals surface area (Å²) in [7, 11) is 0. The van der Waals surface area contributed by atoms with Crippen LogP contribution in [0.5, 0.6) is 5.75 Å². The fraction of sp³-hybridized carbons (Fsp3) is 0.130. The zero-order chi connectivity index (χ0) is 20.2. The number of H-pyrrole nitrogens is 1. The number of nitrogens with one attached hydrogen (secondary N) is 1. The summed E-state index contributed by atoms with van der Waals surface area (Å²) in [6, 6.07) is 26.4. The summed E-state index contributed by atoms with van der Waals surface area (Å²) in [5.74, 6) is 1.63. The van der Waals surface area contributed by atoms with E-state index in [4.69, 9.17) is 17.0 Å². The predicted molar refractivity (Wildman–Crippen MR) is 122 cm³/mol. The third kappa shape index (κ3) is 4.33. The number of halogens is 1. The second-order valence-electron chi connectivity index (χ2n) is 6.73. The molecular formula is C23H20BrN3OS. The molecule has 1 N–H and O–H groups in total. The van der Waals surface area contributed by atoms with E-state index < -0.39 is 0 Å². The molecule has 3 aromatic carbocycles. The third-order valence-corrected chi connectivity index (χ3v) is 5.73. The lowest BCUT2D eigenvalue weighted by Gasteiger charge is -2.16. The molecule has 0 aliphatic rings. The van der Waals surface area contributed by atoms with Gasteiger partial charge in [-0.25, -0.2) is 0 Å². The molecule has 4 rings (SSSR count). The van der Waals surface area contributed by atoms with Gasteiger partial charge in [0.15, 0.2) is 10.6 Å². The van der Waals surface area contributed by atoms with Crippen LogP contribution in [0, 0.1) is 4.77 Å². The summed E-state index contributed by atoms with van der Waals surface area (Å²) in [5.41, 5.74) is 3.24. The Bertz CT molecular complexity index is 1170. The summed E-state index contributed by atoms with van der Waals surface area (Å²) >= 11 is 9.04. The van der Waals surface area contributed by atoms with Crippen molar-refractivity contribution in [3.63, 3.8) is 0 Å². The topological polar surface area (TPSA) is 42.8 Å². The lowest BCUT2D eigenvalue weighted by Crippen LogP contribution is -2.09. The molecule has 0 fully saturated rings. The Labute approximate surface area is 183 Å². The Morgan fingerprint density at radius 1 is 1.03 bits per heavy atom. The second-order valence-corrected chi connectivity index (χ2v) is 7.97. The lowest BCUT2D eigenvalue weighted by molar-refractivity contribution is 0.304. The van der Waals surface area contributed by atoms with Crippen molar-refractivity contribution in [1.82, 2.24) is 14.8 Å². The van der Waals surface area contributed by atoms with Gasteiger partial charge in [0, 0.05) is 5.56 Å². The molecule has 0 spiro atoms. The standard InChI is InChI=1S/C23H20BrN3OS/c1-16(18-9-3-2-4-10-18)27-22(25-26-23(27)29)19-11-7-8-17(14-19)15-28-21-13-6-5-12-20(21)24/h2-14,16H,15H2,1H3,(H,26,29). The highest BCUT2D eigenvalue weighted by atomic mass is 79.9. The Balaban J connectivity index is 1.62. The fourth-order valence-corrected chi connectivity index (χ4v) is 3.96. The van der Waals surface area contributed by atoms with Gasteiger partial charge in [-0.2, -0.15) is 5.10 Å². The smallest absolute Gasteiger partial charge is 0.196 e. The number of rotatable bonds is 6. The molecule has 1 atom stereocenters. The molecule has 146 valence electrons. The fourth-order valence-electron chi connectivity index (χ4n) is 3.27. The molecule has 0 amide bonds. The summed E-state index contributed by atoms with van der Waals surface area (Å²) < 4.78 is 9.56. The molecule has 0 radical (unpaired) electrons. The van der Waals surface area contributed by atoms with Gasteiger partial charge in [0.25, 0.3) is 0 Å². The third-order valence-electron chi connectivity index (χ3n) is 4.79. The van der Waals surface area contributed by atoms with Gasteiger partial charge in [-0.15, -0.1) is 0 Å². The minimum absolute atomic E-state index is 0.0673. The van der Waals surface area contributed by atoms with Crippen molar-refractivity contribution >= 4 is 28.1 Å². The summed E-state index contributed by atoms with van der Waals surface area (Å²) in [4.78, 5) is 0. The Morgan fingerprint density at radius 2 is 1.79 bits per heavy atom. The van der Waals surface area contributed by atoms with Crippen LogP contribution in [0.1, 0.15) is 24.1 Å². The van der Waals surface area contributed by atoms with E-state index >= 15 is 0 Å². The van der Waals surface area contributed by atoms with Crippen LogP contribution in [0.25, 0.3) is 11.4 Å². The van der Waals surface area contributed by atoms with Crippen molar-refractivity contribution in [3.8, 4) is 17.1 Å². The van der Waals surface area contributed by atoms with Gasteiger partial charge in [0.2, 0.25) is 0 Å². The van der Waals surface area contributed by atoms with E-state index in [-0.39, 0.29) is 6.04 Å². The van der Waals surface area contributed by atoms with Crippen LogP contribution in [-0.2, 0) is 6.61 Å². The zero-order valence-electron chi connectivity index (χ0n) is 15.9. The Morgan fingerprint density at radius 3 is 2.59 bits per heavy atom. The molecule has 4 nitrogen and oxygen atoms in total. The first kappa shape index (κ1) is 19.6. The van der Waals surface area contributed by atoms with Gasteiger partial charge < -0.3 is 4.74 Å². The number of benzene rings is 3. The maximum Gasteiger partial charge on any atom is 0.196 e. The number of hydrogen-bond acceptors (Lipinski definition) is 3. The molecule has 1 aromatic heterocycles. The minimum atomic E-state index is 0.0673. The monoisotopic (exact) mass is 465 g/mol. The molecule has 4 aromatic rings. The molecule has 0 saturated carbocycles. The zero-order valence-corrected chi connectivity index (χ0v) is 18.3. The first-order valence-electron chi connectivity index (χ1n) is 9.32.